The van der Waals surface area contributed by atoms with Crippen molar-refractivity contribution < 1.29 is 4.21 Å². The van der Waals surface area contributed by atoms with E-state index < -0.39 is 11.0 Å². The summed E-state index contributed by atoms with van der Waals surface area (Å²) < 4.78 is 18.4. The third kappa shape index (κ3) is 2.87. The van der Waals surface area contributed by atoms with Crippen LogP contribution in [0.3, 0.4) is 0 Å². The van der Waals surface area contributed by atoms with Crippen LogP contribution in [-0.4, -0.2) is 24.6 Å². The molecule has 0 amide bonds. The summed E-state index contributed by atoms with van der Waals surface area (Å²) in [6.45, 7) is 5.67. The number of rotatable bonds is 2. The molecule has 0 saturated carbocycles. The number of fused-ring (bicyclic) bond motifs is 1. The van der Waals surface area contributed by atoms with E-state index in [1.165, 1.54) is 0 Å². The highest BCUT2D eigenvalue weighted by Gasteiger charge is 2.18. The number of nitrogens with zero attached hydrogens (tertiary/aromatic N) is 3. The van der Waals surface area contributed by atoms with Crippen molar-refractivity contribution in [2.75, 3.05) is 0 Å². The van der Waals surface area contributed by atoms with Crippen molar-refractivity contribution in [3.63, 3.8) is 0 Å². The predicted molar refractivity (Wildman–Crippen MR) is 78.4 cm³/mol. The first-order valence-electron chi connectivity index (χ1n) is 5.46. The van der Waals surface area contributed by atoms with Gasteiger partial charge in [-0.05, 0) is 32.9 Å². The summed E-state index contributed by atoms with van der Waals surface area (Å²) in [5, 5.41) is 0. The molecular formula is C12H14BrN3OS. The fourth-order valence-corrected chi connectivity index (χ4v) is 2.18. The topological polar surface area (TPSA) is 46.7 Å². The lowest BCUT2D eigenvalue weighted by molar-refractivity contribution is 0.651. The third-order valence-electron chi connectivity index (χ3n) is 2.33. The highest BCUT2D eigenvalue weighted by atomic mass is 79.9. The van der Waals surface area contributed by atoms with Crippen LogP contribution in [0, 0.1) is 0 Å². The van der Waals surface area contributed by atoms with E-state index in [9.17, 15) is 4.21 Å². The number of imidazole rings is 1. The van der Waals surface area contributed by atoms with E-state index in [2.05, 4.69) is 25.3 Å². The Morgan fingerprint density at radius 2 is 2.22 bits per heavy atom. The Labute approximate surface area is 117 Å². The molecule has 2 rings (SSSR count). The van der Waals surface area contributed by atoms with Crippen molar-refractivity contribution in [1.29, 1.82) is 0 Å². The number of halogens is 1. The fourth-order valence-electron chi connectivity index (χ4n) is 1.34. The van der Waals surface area contributed by atoms with Crippen LogP contribution in [0.15, 0.2) is 33.5 Å². The quantitative estimate of drug-likeness (QED) is 0.796. The summed E-state index contributed by atoms with van der Waals surface area (Å²) in [7, 11) is -1.26. The first-order chi connectivity index (χ1) is 8.38. The Balaban J connectivity index is 2.35. The summed E-state index contributed by atoms with van der Waals surface area (Å²) in [4.78, 5) is 4.25. The molecule has 4 nitrogen and oxygen atoms in total. The Morgan fingerprint density at radius 3 is 2.89 bits per heavy atom. The summed E-state index contributed by atoms with van der Waals surface area (Å²) in [6.07, 6.45) is 5.19. The monoisotopic (exact) mass is 327 g/mol. The van der Waals surface area contributed by atoms with Crippen LogP contribution >= 0.6 is 15.9 Å². The minimum Gasteiger partial charge on any atom is -0.306 e. The van der Waals surface area contributed by atoms with Crippen molar-refractivity contribution in [2.24, 2.45) is 4.40 Å². The maximum atomic E-state index is 11.8. The van der Waals surface area contributed by atoms with E-state index in [0.29, 0.717) is 5.69 Å². The van der Waals surface area contributed by atoms with Crippen LogP contribution in [0.4, 0.5) is 0 Å². The number of hydrogen-bond acceptors (Lipinski definition) is 2. The van der Waals surface area contributed by atoms with Gasteiger partial charge in [-0.2, -0.15) is 4.40 Å². The third-order valence-corrected chi connectivity index (χ3v) is 4.16. The van der Waals surface area contributed by atoms with Gasteiger partial charge < -0.3 is 4.40 Å². The lowest BCUT2D eigenvalue weighted by Crippen LogP contribution is -2.19. The molecule has 2 aromatic rings. The van der Waals surface area contributed by atoms with E-state index >= 15 is 0 Å². The van der Waals surface area contributed by atoms with Crippen LogP contribution in [0.1, 0.15) is 26.5 Å². The first kappa shape index (κ1) is 13.4. The number of aromatic nitrogens is 2. The summed E-state index contributed by atoms with van der Waals surface area (Å²) in [5.41, 5.74) is 1.65. The molecule has 96 valence electrons. The molecule has 0 radical (unpaired) electrons. The Morgan fingerprint density at radius 1 is 1.50 bits per heavy atom. The highest BCUT2D eigenvalue weighted by molar-refractivity contribution is 9.10. The molecule has 18 heavy (non-hydrogen) atoms. The summed E-state index contributed by atoms with van der Waals surface area (Å²) >= 11 is 3.42. The van der Waals surface area contributed by atoms with Gasteiger partial charge in [0.2, 0.25) is 0 Å². The van der Waals surface area contributed by atoms with Crippen molar-refractivity contribution in [1.82, 2.24) is 9.38 Å². The molecule has 1 unspecified atom stereocenters. The molecule has 1 atom stereocenters. The van der Waals surface area contributed by atoms with Gasteiger partial charge in [-0.1, -0.05) is 15.9 Å². The van der Waals surface area contributed by atoms with Crippen molar-refractivity contribution >= 4 is 38.6 Å². The van der Waals surface area contributed by atoms with Gasteiger partial charge in [0, 0.05) is 10.7 Å². The molecule has 0 aliphatic carbocycles. The van der Waals surface area contributed by atoms with Crippen LogP contribution in [0.5, 0.6) is 0 Å². The number of hydrogen-bond donors (Lipinski definition) is 0. The second-order valence-corrected chi connectivity index (χ2v) is 7.71. The Bertz CT molecular complexity index is 628. The van der Waals surface area contributed by atoms with Crippen molar-refractivity contribution in [3.8, 4) is 0 Å². The summed E-state index contributed by atoms with van der Waals surface area (Å²) in [6, 6.07) is 3.89. The largest absolute Gasteiger partial charge is 0.306 e. The molecule has 2 heterocycles. The molecule has 0 N–H and O–H groups in total. The van der Waals surface area contributed by atoms with Gasteiger partial charge in [-0.3, -0.25) is 0 Å². The lowest BCUT2D eigenvalue weighted by Gasteiger charge is -2.12. The van der Waals surface area contributed by atoms with Crippen LogP contribution in [0.2, 0.25) is 0 Å². The average Bonchev–Trinajstić information content (AvgIpc) is 2.67. The van der Waals surface area contributed by atoms with Gasteiger partial charge >= 0.3 is 0 Å². The van der Waals surface area contributed by atoms with Gasteiger partial charge in [0.25, 0.3) is 0 Å². The fraction of sp³-hybridized carbons (Fsp3) is 0.333. The van der Waals surface area contributed by atoms with E-state index in [-0.39, 0.29) is 4.75 Å². The predicted octanol–water partition coefficient (Wildman–Crippen LogP) is 2.98. The van der Waals surface area contributed by atoms with Gasteiger partial charge in [0.15, 0.2) is 0 Å². The zero-order chi connectivity index (χ0) is 13.3. The van der Waals surface area contributed by atoms with Gasteiger partial charge in [0.05, 0.1) is 22.8 Å². The van der Waals surface area contributed by atoms with Gasteiger partial charge in [-0.25, -0.2) is 9.19 Å². The molecule has 0 aliphatic heterocycles. The van der Waals surface area contributed by atoms with Gasteiger partial charge in [0.1, 0.15) is 16.7 Å². The maximum absolute atomic E-state index is 11.8. The minimum atomic E-state index is -1.26. The second kappa shape index (κ2) is 4.93. The molecular weight excluding hydrogens is 314 g/mol. The summed E-state index contributed by atoms with van der Waals surface area (Å²) in [5.74, 6) is 0. The van der Waals surface area contributed by atoms with E-state index in [1.54, 1.807) is 12.5 Å². The SMILES string of the molecule is CC(C)(C)S(=O)/N=C/c1ncn2ccc(Br)cc12. The van der Waals surface area contributed by atoms with E-state index in [4.69, 9.17) is 0 Å². The Hall–Kier alpha value is -1.01. The van der Waals surface area contributed by atoms with Crippen LogP contribution in [0.25, 0.3) is 5.52 Å². The molecule has 6 heteroatoms. The van der Waals surface area contributed by atoms with Crippen molar-refractivity contribution in [3.05, 3.63) is 34.8 Å². The molecule has 0 saturated heterocycles. The minimum absolute atomic E-state index is 0.355. The maximum Gasteiger partial charge on any atom is 0.144 e. The molecule has 0 fully saturated rings. The molecule has 0 spiro atoms. The normalized spacial score (nSPS) is 14.4. The average molecular weight is 328 g/mol. The molecule has 0 aliphatic rings. The first-order valence-corrected chi connectivity index (χ1v) is 7.36. The molecule has 2 aromatic heterocycles. The second-order valence-electron chi connectivity index (χ2n) is 4.86. The van der Waals surface area contributed by atoms with Crippen LogP contribution < -0.4 is 0 Å². The van der Waals surface area contributed by atoms with E-state index in [0.717, 1.165) is 9.99 Å². The van der Waals surface area contributed by atoms with E-state index in [1.807, 2.05) is 43.5 Å². The van der Waals surface area contributed by atoms with Crippen molar-refractivity contribution in [2.45, 2.75) is 25.5 Å². The number of pyridine rings is 1. The molecule has 0 aromatic carbocycles. The lowest BCUT2D eigenvalue weighted by atomic mass is 10.3. The molecule has 0 bridgehead atoms. The Kier molecular flexibility index (Phi) is 3.68. The standard InChI is InChI=1S/C12H14BrN3OS/c1-12(2,3)18(17)15-7-10-11-6-9(13)4-5-16(11)8-14-10/h4-8H,1-3H3/b15-7+. The van der Waals surface area contributed by atoms with Gasteiger partial charge in [-0.15, -0.1) is 0 Å². The zero-order valence-corrected chi connectivity index (χ0v) is 12.8. The smallest absolute Gasteiger partial charge is 0.144 e. The van der Waals surface area contributed by atoms with Crippen LogP contribution in [-0.2, 0) is 11.0 Å². The highest BCUT2D eigenvalue weighted by Crippen LogP contribution is 2.16. The zero-order valence-electron chi connectivity index (χ0n) is 10.4.